The van der Waals surface area contributed by atoms with E-state index in [-0.39, 0.29) is 0 Å². The standard InChI is InChI=1S/C17H18N2/c1-2-6-14(7-3-1)15-9-11-16(12-10-15)19-17-8-4-5-13-18-17/h1-3,6-7,9-12H,4-5,8,13H2,(H,18,19). The molecule has 1 aliphatic rings. The van der Waals surface area contributed by atoms with E-state index >= 15 is 0 Å². The van der Waals surface area contributed by atoms with E-state index in [0.29, 0.717) is 0 Å². The molecule has 19 heavy (non-hydrogen) atoms. The summed E-state index contributed by atoms with van der Waals surface area (Å²) >= 11 is 0. The van der Waals surface area contributed by atoms with E-state index in [2.05, 4.69) is 58.8 Å². The molecule has 96 valence electrons. The van der Waals surface area contributed by atoms with E-state index in [4.69, 9.17) is 0 Å². The van der Waals surface area contributed by atoms with Crippen LogP contribution in [-0.2, 0) is 0 Å². The first kappa shape index (κ1) is 12.0. The quantitative estimate of drug-likeness (QED) is 0.842. The summed E-state index contributed by atoms with van der Waals surface area (Å²) in [6.45, 7) is 0.963. The zero-order chi connectivity index (χ0) is 12.9. The van der Waals surface area contributed by atoms with Gasteiger partial charge < -0.3 is 5.32 Å². The van der Waals surface area contributed by atoms with Gasteiger partial charge in [-0.15, -0.1) is 0 Å². The number of nitrogens with one attached hydrogen (secondary N) is 1. The zero-order valence-corrected chi connectivity index (χ0v) is 11.0. The molecule has 1 aliphatic heterocycles. The van der Waals surface area contributed by atoms with Crippen molar-refractivity contribution in [3.05, 3.63) is 54.6 Å². The summed E-state index contributed by atoms with van der Waals surface area (Å²) in [6, 6.07) is 19.0. The van der Waals surface area contributed by atoms with Crippen LogP contribution in [0.25, 0.3) is 11.1 Å². The number of aliphatic imine (C=N–C) groups is 1. The van der Waals surface area contributed by atoms with Crippen molar-refractivity contribution in [1.29, 1.82) is 0 Å². The molecule has 0 spiro atoms. The number of benzene rings is 2. The number of anilines is 1. The van der Waals surface area contributed by atoms with Crippen molar-refractivity contribution in [2.24, 2.45) is 4.99 Å². The van der Waals surface area contributed by atoms with Crippen LogP contribution in [0, 0.1) is 0 Å². The normalized spacial score (nSPS) is 14.8. The van der Waals surface area contributed by atoms with Crippen LogP contribution in [0.5, 0.6) is 0 Å². The van der Waals surface area contributed by atoms with E-state index in [0.717, 1.165) is 24.5 Å². The van der Waals surface area contributed by atoms with Gasteiger partial charge >= 0.3 is 0 Å². The molecular weight excluding hydrogens is 232 g/mol. The zero-order valence-electron chi connectivity index (χ0n) is 11.0. The van der Waals surface area contributed by atoms with Gasteiger partial charge in [0.15, 0.2) is 0 Å². The van der Waals surface area contributed by atoms with Crippen LogP contribution >= 0.6 is 0 Å². The van der Waals surface area contributed by atoms with Gasteiger partial charge in [0.05, 0.1) is 0 Å². The van der Waals surface area contributed by atoms with Gasteiger partial charge in [-0.05, 0) is 36.1 Å². The Balaban J connectivity index is 1.74. The van der Waals surface area contributed by atoms with Crippen LogP contribution in [0.4, 0.5) is 5.69 Å². The van der Waals surface area contributed by atoms with Crippen molar-refractivity contribution in [1.82, 2.24) is 0 Å². The maximum Gasteiger partial charge on any atom is 0.101 e. The van der Waals surface area contributed by atoms with Crippen LogP contribution in [-0.4, -0.2) is 12.4 Å². The van der Waals surface area contributed by atoms with Crippen LogP contribution in [0.3, 0.4) is 0 Å². The number of hydrogen-bond acceptors (Lipinski definition) is 2. The first-order chi connectivity index (χ1) is 9.42. The summed E-state index contributed by atoms with van der Waals surface area (Å²) in [4.78, 5) is 4.51. The van der Waals surface area contributed by atoms with Crippen molar-refractivity contribution in [2.75, 3.05) is 11.9 Å². The van der Waals surface area contributed by atoms with Crippen molar-refractivity contribution in [2.45, 2.75) is 19.3 Å². The first-order valence-corrected chi connectivity index (χ1v) is 6.88. The van der Waals surface area contributed by atoms with Gasteiger partial charge in [-0.3, -0.25) is 4.99 Å². The lowest BCUT2D eigenvalue weighted by Crippen LogP contribution is -2.15. The average Bonchev–Trinajstić information content (AvgIpc) is 2.50. The second-order valence-corrected chi connectivity index (χ2v) is 4.85. The molecule has 0 aliphatic carbocycles. The first-order valence-electron chi connectivity index (χ1n) is 6.88. The van der Waals surface area contributed by atoms with Gasteiger partial charge in [0.25, 0.3) is 0 Å². The Bertz CT molecular complexity index is 556. The Kier molecular flexibility index (Phi) is 3.59. The molecule has 0 radical (unpaired) electrons. The monoisotopic (exact) mass is 250 g/mol. The summed E-state index contributed by atoms with van der Waals surface area (Å²) in [6.07, 6.45) is 3.53. The highest BCUT2D eigenvalue weighted by atomic mass is 15.0. The van der Waals surface area contributed by atoms with E-state index in [9.17, 15) is 0 Å². The summed E-state index contributed by atoms with van der Waals surface area (Å²) in [5, 5.41) is 3.41. The molecule has 2 nitrogen and oxygen atoms in total. The lowest BCUT2D eigenvalue weighted by Gasteiger charge is -2.14. The third-order valence-electron chi connectivity index (χ3n) is 3.41. The number of hydrogen-bond donors (Lipinski definition) is 1. The maximum atomic E-state index is 4.51. The maximum absolute atomic E-state index is 4.51. The minimum atomic E-state index is 0.963. The molecule has 0 saturated carbocycles. The Labute approximate surface area is 114 Å². The molecule has 0 fully saturated rings. The van der Waals surface area contributed by atoms with Gasteiger partial charge in [0.2, 0.25) is 0 Å². The van der Waals surface area contributed by atoms with E-state index < -0.39 is 0 Å². The topological polar surface area (TPSA) is 24.4 Å². The fraction of sp³-hybridized carbons (Fsp3) is 0.235. The van der Waals surface area contributed by atoms with Crippen LogP contribution in [0.15, 0.2) is 59.6 Å². The number of rotatable bonds is 2. The highest BCUT2D eigenvalue weighted by molar-refractivity contribution is 5.95. The molecule has 0 bridgehead atoms. The fourth-order valence-electron chi connectivity index (χ4n) is 2.34. The molecule has 0 unspecified atom stereocenters. The van der Waals surface area contributed by atoms with Crippen LogP contribution in [0.1, 0.15) is 19.3 Å². The van der Waals surface area contributed by atoms with E-state index in [1.165, 1.54) is 24.0 Å². The van der Waals surface area contributed by atoms with Crippen molar-refractivity contribution < 1.29 is 0 Å². The lowest BCUT2D eigenvalue weighted by atomic mass is 10.1. The van der Waals surface area contributed by atoms with Crippen molar-refractivity contribution in [3.63, 3.8) is 0 Å². The summed E-state index contributed by atoms with van der Waals surface area (Å²) in [5.74, 6) is 1.12. The Hall–Kier alpha value is -2.09. The fourth-order valence-corrected chi connectivity index (χ4v) is 2.34. The molecule has 2 aromatic carbocycles. The third-order valence-corrected chi connectivity index (χ3v) is 3.41. The molecule has 0 atom stereocenters. The highest BCUT2D eigenvalue weighted by Gasteiger charge is 2.05. The SMILES string of the molecule is c1ccc(-c2ccc(NC3=NCCCC3)cc2)cc1. The van der Waals surface area contributed by atoms with Gasteiger partial charge in [-0.25, -0.2) is 0 Å². The largest absolute Gasteiger partial charge is 0.344 e. The second kappa shape index (κ2) is 5.70. The molecule has 0 aromatic heterocycles. The molecule has 0 amide bonds. The predicted molar refractivity (Wildman–Crippen MR) is 81.7 cm³/mol. The van der Waals surface area contributed by atoms with Gasteiger partial charge in [-0.2, -0.15) is 0 Å². The smallest absolute Gasteiger partial charge is 0.101 e. The summed E-state index contributed by atoms with van der Waals surface area (Å²) in [7, 11) is 0. The van der Waals surface area contributed by atoms with E-state index in [1.807, 2.05) is 6.07 Å². The third kappa shape index (κ3) is 3.02. The van der Waals surface area contributed by atoms with Crippen LogP contribution in [0.2, 0.25) is 0 Å². The molecule has 3 rings (SSSR count). The molecule has 2 aromatic rings. The van der Waals surface area contributed by atoms with E-state index in [1.54, 1.807) is 0 Å². The number of amidine groups is 1. The second-order valence-electron chi connectivity index (χ2n) is 4.85. The van der Waals surface area contributed by atoms with Gasteiger partial charge in [-0.1, -0.05) is 42.5 Å². The molecule has 1 heterocycles. The molecule has 2 heteroatoms. The van der Waals surface area contributed by atoms with Crippen molar-refractivity contribution in [3.8, 4) is 11.1 Å². The van der Waals surface area contributed by atoms with Gasteiger partial charge in [0.1, 0.15) is 5.84 Å². The predicted octanol–water partition coefficient (Wildman–Crippen LogP) is 4.35. The molecular formula is C17H18N2. The van der Waals surface area contributed by atoms with Gasteiger partial charge in [0, 0.05) is 18.7 Å². The lowest BCUT2D eigenvalue weighted by molar-refractivity contribution is 0.737. The minimum absolute atomic E-state index is 0.963. The van der Waals surface area contributed by atoms with Crippen LogP contribution < -0.4 is 5.32 Å². The number of nitrogens with zero attached hydrogens (tertiary/aromatic N) is 1. The average molecular weight is 250 g/mol. The Morgan fingerprint density at radius 2 is 1.53 bits per heavy atom. The molecule has 1 N–H and O–H groups in total. The highest BCUT2D eigenvalue weighted by Crippen LogP contribution is 2.21. The minimum Gasteiger partial charge on any atom is -0.344 e. The Morgan fingerprint density at radius 3 is 2.21 bits per heavy atom. The molecule has 0 saturated heterocycles. The van der Waals surface area contributed by atoms with Crippen molar-refractivity contribution >= 4 is 11.5 Å². The summed E-state index contributed by atoms with van der Waals surface area (Å²) in [5.41, 5.74) is 3.63. The Morgan fingerprint density at radius 1 is 0.789 bits per heavy atom. The summed E-state index contributed by atoms with van der Waals surface area (Å²) < 4.78 is 0.